The van der Waals surface area contributed by atoms with E-state index in [1.54, 1.807) is 6.07 Å². The molecule has 2 aromatic carbocycles. The summed E-state index contributed by atoms with van der Waals surface area (Å²) in [5.74, 6) is 0.888. The number of amides is 2. The van der Waals surface area contributed by atoms with E-state index in [0.29, 0.717) is 43.9 Å². The highest BCUT2D eigenvalue weighted by molar-refractivity contribution is 7.89. The van der Waals surface area contributed by atoms with Gasteiger partial charge in [-0.05, 0) is 61.6 Å². The van der Waals surface area contributed by atoms with Crippen LogP contribution in [0, 0.1) is 17.3 Å². The van der Waals surface area contributed by atoms with Gasteiger partial charge in [0.25, 0.3) is 0 Å². The first-order chi connectivity index (χ1) is 24.5. The van der Waals surface area contributed by atoms with Gasteiger partial charge in [-0.3, -0.25) is 4.79 Å². The van der Waals surface area contributed by atoms with Crippen LogP contribution in [0.5, 0.6) is 11.5 Å². The van der Waals surface area contributed by atoms with Gasteiger partial charge in [0, 0.05) is 31.6 Å². The van der Waals surface area contributed by atoms with E-state index >= 15 is 0 Å². The molecule has 4 aliphatic rings. The van der Waals surface area contributed by atoms with Gasteiger partial charge in [-0.2, -0.15) is 4.31 Å². The Labute approximate surface area is 300 Å². The summed E-state index contributed by atoms with van der Waals surface area (Å²) in [5.41, 5.74) is 0.311. The van der Waals surface area contributed by atoms with E-state index in [1.165, 1.54) is 16.4 Å². The normalized spacial score (nSPS) is 22.9. The minimum absolute atomic E-state index is 0.000116. The molecule has 1 saturated carbocycles. The number of fused-ring (bicyclic) bond motifs is 2. The molecule has 14 heteroatoms. The third-order valence-corrected chi connectivity index (χ3v) is 12.1. The lowest BCUT2D eigenvalue weighted by atomic mass is 9.87. The lowest BCUT2D eigenvalue weighted by Gasteiger charge is -2.35. The van der Waals surface area contributed by atoms with Crippen molar-refractivity contribution in [2.24, 2.45) is 17.3 Å². The number of hydrogen-bond donors (Lipinski definition) is 3. The van der Waals surface area contributed by atoms with Crippen molar-refractivity contribution in [1.82, 2.24) is 14.9 Å². The third kappa shape index (κ3) is 9.52. The zero-order valence-electron chi connectivity index (χ0n) is 29.5. The van der Waals surface area contributed by atoms with Crippen molar-refractivity contribution in [3.8, 4) is 11.5 Å². The third-order valence-electron chi connectivity index (χ3n) is 10.3. The number of alkyl carbamates (subject to hydrolysis) is 1. The molecule has 3 aliphatic heterocycles. The number of nitrogens with zero attached hydrogens (tertiary/aromatic N) is 1. The maximum absolute atomic E-state index is 14.4. The SMILES string of the molecule is CC(C)(CCCNC(=O)C1CCCC1)CN(C[C@@H](O)[C@H](Cc1ccccc1)NC(=O)O[C@H]1CO[C@H]2OCC[C@H]21)S(=O)(=O)c1ccc2c(c1)OCO2. The highest BCUT2D eigenvalue weighted by Gasteiger charge is 2.44. The number of hydrogen-bond acceptors (Lipinski definition) is 10. The van der Waals surface area contributed by atoms with Crippen LogP contribution in [0.4, 0.5) is 4.79 Å². The van der Waals surface area contributed by atoms with E-state index in [9.17, 15) is 23.1 Å². The van der Waals surface area contributed by atoms with E-state index in [1.807, 2.05) is 44.2 Å². The standard InChI is InChI=1S/C37H51N3O10S/c1-37(2,16-8-17-38-34(42)26-11-6-7-12-26)23-40(51(44,45)27-13-14-31-32(20-27)49-24-48-31)21-30(41)29(19-25-9-4-3-5-10-25)39-36(43)50-33-22-47-35-28(33)15-18-46-35/h3-5,9-10,13-14,20,26,28-30,33,35,41H,6-8,11-12,15-19,21-24H2,1-2H3,(H,38,42)(H,39,43)/t28-,29-,30+,33-,35+/m0/s1. The minimum atomic E-state index is -4.18. The van der Waals surface area contributed by atoms with Crippen molar-refractivity contribution in [1.29, 1.82) is 0 Å². The molecule has 2 amide bonds. The highest BCUT2D eigenvalue weighted by Crippen LogP contribution is 2.36. The maximum atomic E-state index is 14.4. The number of benzene rings is 2. The predicted octanol–water partition coefficient (Wildman–Crippen LogP) is 3.98. The van der Waals surface area contributed by atoms with Gasteiger partial charge in [0.1, 0.15) is 6.10 Å². The van der Waals surface area contributed by atoms with Crippen molar-refractivity contribution < 1.29 is 46.8 Å². The summed E-state index contributed by atoms with van der Waals surface area (Å²) in [6.07, 6.45) is 3.33. The molecule has 0 unspecified atom stereocenters. The van der Waals surface area contributed by atoms with Gasteiger partial charge in [0.2, 0.25) is 22.7 Å². The Morgan fingerprint density at radius 1 is 1.04 bits per heavy atom. The molecule has 51 heavy (non-hydrogen) atoms. The molecule has 0 bridgehead atoms. The van der Waals surface area contributed by atoms with Crippen molar-refractivity contribution >= 4 is 22.0 Å². The fourth-order valence-electron chi connectivity index (χ4n) is 7.46. The quantitative estimate of drug-likeness (QED) is 0.216. The van der Waals surface area contributed by atoms with Crippen molar-refractivity contribution in [3.63, 3.8) is 0 Å². The Bertz CT molecular complexity index is 1600. The zero-order chi connectivity index (χ0) is 36.0. The second-order valence-electron chi connectivity index (χ2n) is 14.8. The Hall–Kier alpha value is -3.43. The summed E-state index contributed by atoms with van der Waals surface area (Å²) < 4.78 is 57.9. The van der Waals surface area contributed by atoms with Crippen LogP contribution in [0.25, 0.3) is 0 Å². The monoisotopic (exact) mass is 729 g/mol. The van der Waals surface area contributed by atoms with Crippen LogP contribution in [0.15, 0.2) is 53.4 Å². The highest BCUT2D eigenvalue weighted by atomic mass is 32.2. The molecule has 1 aliphatic carbocycles. The van der Waals surface area contributed by atoms with E-state index < -0.39 is 46.1 Å². The van der Waals surface area contributed by atoms with Crippen LogP contribution in [0.2, 0.25) is 0 Å². The summed E-state index contributed by atoms with van der Waals surface area (Å²) in [4.78, 5) is 25.8. The second kappa shape index (κ2) is 16.5. The van der Waals surface area contributed by atoms with Crippen molar-refractivity contribution in [3.05, 3.63) is 54.1 Å². The first-order valence-corrected chi connectivity index (χ1v) is 19.5. The number of carbonyl (C=O) groups is 2. The molecule has 2 saturated heterocycles. The molecule has 0 spiro atoms. The maximum Gasteiger partial charge on any atom is 0.407 e. The average Bonchev–Trinajstić information content (AvgIpc) is 3.93. The Morgan fingerprint density at radius 3 is 2.59 bits per heavy atom. The Morgan fingerprint density at radius 2 is 1.80 bits per heavy atom. The van der Waals surface area contributed by atoms with Gasteiger partial charge in [0.15, 0.2) is 17.8 Å². The predicted molar refractivity (Wildman–Crippen MR) is 186 cm³/mol. The zero-order valence-corrected chi connectivity index (χ0v) is 30.3. The van der Waals surface area contributed by atoms with Crippen LogP contribution in [0.3, 0.4) is 0 Å². The van der Waals surface area contributed by atoms with Gasteiger partial charge in [-0.25, -0.2) is 13.2 Å². The average molecular weight is 730 g/mol. The van der Waals surface area contributed by atoms with E-state index in [2.05, 4.69) is 10.6 Å². The van der Waals surface area contributed by atoms with Gasteiger partial charge >= 0.3 is 6.09 Å². The van der Waals surface area contributed by atoms with Gasteiger partial charge in [-0.1, -0.05) is 57.0 Å². The Balaban J connectivity index is 1.18. The summed E-state index contributed by atoms with van der Waals surface area (Å²) in [6.45, 7) is 4.96. The van der Waals surface area contributed by atoms with Crippen LogP contribution in [0.1, 0.15) is 64.4 Å². The van der Waals surface area contributed by atoms with Crippen LogP contribution in [-0.2, 0) is 35.4 Å². The molecule has 0 aromatic heterocycles. The van der Waals surface area contributed by atoms with Crippen molar-refractivity contribution in [2.45, 2.75) is 94.6 Å². The van der Waals surface area contributed by atoms with Gasteiger partial charge in [-0.15, -0.1) is 0 Å². The molecule has 5 atom stereocenters. The summed E-state index contributed by atoms with van der Waals surface area (Å²) in [6, 6.07) is 12.9. The first kappa shape index (κ1) is 37.3. The lowest BCUT2D eigenvalue weighted by Crippen LogP contribution is -2.52. The number of aliphatic hydroxyl groups excluding tert-OH is 1. The molecule has 3 fully saturated rings. The van der Waals surface area contributed by atoms with Crippen LogP contribution < -0.4 is 20.1 Å². The summed E-state index contributed by atoms with van der Waals surface area (Å²) >= 11 is 0. The van der Waals surface area contributed by atoms with E-state index in [-0.39, 0.29) is 55.5 Å². The molecule has 6 rings (SSSR count). The van der Waals surface area contributed by atoms with Crippen molar-refractivity contribution in [2.75, 3.05) is 39.6 Å². The molecule has 2 aromatic rings. The number of rotatable bonds is 16. The smallest absolute Gasteiger partial charge is 0.407 e. The molecule has 13 nitrogen and oxygen atoms in total. The number of aliphatic hydroxyl groups is 1. The largest absolute Gasteiger partial charge is 0.454 e. The van der Waals surface area contributed by atoms with Crippen LogP contribution in [-0.4, -0.2) is 94.0 Å². The number of nitrogens with one attached hydrogen (secondary N) is 2. The first-order valence-electron chi connectivity index (χ1n) is 18.1. The summed E-state index contributed by atoms with van der Waals surface area (Å²) in [7, 11) is -4.18. The fraction of sp³-hybridized carbons (Fsp3) is 0.622. The minimum Gasteiger partial charge on any atom is -0.454 e. The molecule has 3 heterocycles. The lowest BCUT2D eigenvalue weighted by molar-refractivity contribution is -0.124. The number of ether oxygens (including phenoxy) is 5. The Kier molecular flexibility index (Phi) is 12.1. The molecule has 280 valence electrons. The van der Waals surface area contributed by atoms with Gasteiger partial charge < -0.3 is 39.4 Å². The molecule has 0 radical (unpaired) electrons. The summed E-state index contributed by atoms with van der Waals surface area (Å²) in [5, 5.41) is 17.7. The number of sulfonamides is 1. The van der Waals surface area contributed by atoms with E-state index in [0.717, 1.165) is 31.2 Å². The van der Waals surface area contributed by atoms with Crippen LogP contribution >= 0.6 is 0 Å². The van der Waals surface area contributed by atoms with E-state index in [4.69, 9.17) is 23.7 Å². The number of carbonyl (C=O) groups excluding carboxylic acids is 2. The van der Waals surface area contributed by atoms with Gasteiger partial charge in [0.05, 0.1) is 36.2 Å². The topological polar surface area (TPSA) is 162 Å². The fourth-order valence-corrected chi connectivity index (χ4v) is 9.12. The molecular weight excluding hydrogens is 678 g/mol. The molecular formula is C37H51N3O10S. The second-order valence-corrected chi connectivity index (χ2v) is 16.8. The molecule has 3 N–H and O–H groups in total.